The molecule has 0 radical (unpaired) electrons. The van der Waals surface area contributed by atoms with E-state index in [0.717, 1.165) is 10.2 Å². The van der Waals surface area contributed by atoms with Crippen molar-refractivity contribution in [2.45, 2.75) is 0 Å². The van der Waals surface area contributed by atoms with E-state index < -0.39 is 0 Å². The van der Waals surface area contributed by atoms with E-state index in [2.05, 4.69) is 15.3 Å². The zero-order chi connectivity index (χ0) is 14.8. The van der Waals surface area contributed by atoms with Gasteiger partial charge in [0.2, 0.25) is 0 Å². The predicted molar refractivity (Wildman–Crippen MR) is 87.7 cm³/mol. The molecule has 0 saturated heterocycles. The molecule has 3 aromatic rings. The minimum atomic E-state index is -0.284. The topological polar surface area (TPSA) is 80.9 Å². The number of rotatable bonds is 3. The van der Waals surface area contributed by atoms with Gasteiger partial charge in [0.15, 0.2) is 0 Å². The van der Waals surface area contributed by atoms with E-state index in [0.29, 0.717) is 16.9 Å². The average molecular weight is 314 g/mol. The summed E-state index contributed by atoms with van der Waals surface area (Å²) < 4.78 is 1.02. The summed E-state index contributed by atoms with van der Waals surface area (Å²) in [5, 5.41) is 2.80. The second-order valence-corrected chi connectivity index (χ2v) is 5.61. The number of aromatic nitrogens is 2. The molecule has 104 valence electrons. The molecule has 2 aromatic heterocycles. The molecule has 1 aromatic carbocycles. The molecular weight excluding hydrogens is 304 g/mol. The number of carbonyl (C=O) groups excluding carboxylic acids is 1. The Hall–Kier alpha value is -2.38. The standard InChI is InChI=1S/C14H10N4OS2/c15-13(20)8-1-3-11(16-6-8)14(19)18-9-2-4-10-12(5-9)21-7-17-10/h1-7H,(H2,15,20)(H,18,19). The normalized spacial score (nSPS) is 10.5. The number of carbonyl (C=O) groups is 1. The van der Waals surface area contributed by atoms with Crippen molar-refractivity contribution in [3.63, 3.8) is 0 Å². The summed E-state index contributed by atoms with van der Waals surface area (Å²) in [4.78, 5) is 20.6. The van der Waals surface area contributed by atoms with Crippen molar-refractivity contribution >= 4 is 50.4 Å². The van der Waals surface area contributed by atoms with Crippen molar-refractivity contribution in [1.29, 1.82) is 0 Å². The van der Waals surface area contributed by atoms with Gasteiger partial charge in [-0.15, -0.1) is 11.3 Å². The maximum atomic E-state index is 12.1. The first-order chi connectivity index (χ1) is 10.1. The number of nitrogens with two attached hydrogens (primary N) is 1. The number of nitrogens with zero attached hydrogens (tertiary/aromatic N) is 2. The maximum Gasteiger partial charge on any atom is 0.274 e. The van der Waals surface area contributed by atoms with E-state index >= 15 is 0 Å². The largest absolute Gasteiger partial charge is 0.389 e. The zero-order valence-corrected chi connectivity index (χ0v) is 12.4. The van der Waals surface area contributed by atoms with E-state index in [9.17, 15) is 4.79 Å². The molecule has 21 heavy (non-hydrogen) atoms. The summed E-state index contributed by atoms with van der Waals surface area (Å²) in [6, 6.07) is 8.83. The van der Waals surface area contributed by atoms with Gasteiger partial charge in [0.05, 0.1) is 15.7 Å². The summed E-state index contributed by atoms with van der Waals surface area (Å²) in [5.41, 5.74) is 9.82. The Morgan fingerprint density at radius 3 is 2.81 bits per heavy atom. The van der Waals surface area contributed by atoms with Gasteiger partial charge in [-0.1, -0.05) is 12.2 Å². The first kappa shape index (κ1) is 13.6. The highest BCUT2D eigenvalue weighted by Gasteiger charge is 2.09. The number of amides is 1. The molecule has 3 N–H and O–H groups in total. The van der Waals surface area contributed by atoms with Crippen molar-refractivity contribution in [1.82, 2.24) is 9.97 Å². The number of nitrogens with one attached hydrogen (secondary N) is 1. The molecule has 0 aliphatic carbocycles. The number of hydrogen-bond donors (Lipinski definition) is 2. The third-order valence-electron chi connectivity index (χ3n) is 2.87. The number of fused-ring (bicyclic) bond motifs is 1. The van der Waals surface area contributed by atoms with Gasteiger partial charge in [-0.2, -0.15) is 0 Å². The summed E-state index contributed by atoms with van der Waals surface area (Å²) >= 11 is 6.37. The Morgan fingerprint density at radius 2 is 2.10 bits per heavy atom. The van der Waals surface area contributed by atoms with Crippen molar-refractivity contribution < 1.29 is 4.79 Å². The third kappa shape index (κ3) is 2.88. The molecule has 3 rings (SSSR count). The Kier molecular flexibility index (Phi) is 3.59. The highest BCUT2D eigenvalue weighted by atomic mass is 32.1. The van der Waals surface area contributed by atoms with Crippen molar-refractivity contribution in [2.24, 2.45) is 5.73 Å². The van der Waals surface area contributed by atoms with Gasteiger partial charge in [-0.3, -0.25) is 9.78 Å². The quantitative estimate of drug-likeness (QED) is 0.726. The lowest BCUT2D eigenvalue weighted by atomic mass is 10.2. The highest BCUT2D eigenvalue weighted by molar-refractivity contribution is 7.80. The van der Waals surface area contributed by atoms with E-state index in [4.69, 9.17) is 18.0 Å². The minimum Gasteiger partial charge on any atom is -0.389 e. The minimum absolute atomic E-state index is 0.255. The Balaban J connectivity index is 1.80. The fraction of sp³-hybridized carbons (Fsp3) is 0. The van der Waals surface area contributed by atoms with Gasteiger partial charge in [0, 0.05) is 17.4 Å². The lowest BCUT2D eigenvalue weighted by Gasteiger charge is -2.05. The molecule has 1 amide bonds. The molecule has 5 nitrogen and oxygen atoms in total. The second kappa shape index (κ2) is 5.55. The van der Waals surface area contributed by atoms with Crippen molar-refractivity contribution in [2.75, 3.05) is 5.32 Å². The first-order valence-electron chi connectivity index (χ1n) is 6.04. The van der Waals surface area contributed by atoms with Gasteiger partial charge in [0.25, 0.3) is 5.91 Å². The smallest absolute Gasteiger partial charge is 0.274 e. The van der Waals surface area contributed by atoms with Crippen LogP contribution in [0.25, 0.3) is 10.2 Å². The van der Waals surface area contributed by atoms with Crippen LogP contribution in [0.3, 0.4) is 0 Å². The number of pyridine rings is 1. The molecule has 0 fully saturated rings. The Labute approximate surface area is 129 Å². The van der Waals surface area contributed by atoms with Gasteiger partial charge < -0.3 is 11.1 Å². The molecule has 0 saturated carbocycles. The number of hydrogen-bond acceptors (Lipinski definition) is 5. The Morgan fingerprint density at radius 1 is 1.24 bits per heavy atom. The van der Waals surface area contributed by atoms with Crippen LogP contribution < -0.4 is 11.1 Å². The number of thiocarbonyl (C=S) groups is 1. The predicted octanol–water partition coefficient (Wildman–Crippen LogP) is 2.58. The van der Waals surface area contributed by atoms with Crippen molar-refractivity contribution in [3.05, 3.63) is 53.3 Å². The van der Waals surface area contributed by atoms with Crippen LogP contribution in [0.5, 0.6) is 0 Å². The van der Waals surface area contributed by atoms with Crippen LogP contribution in [0.4, 0.5) is 5.69 Å². The molecule has 0 aliphatic rings. The molecule has 0 bridgehead atoms. The van der Waals surface area contributed by atoms with Gasteiger partial charge >= 0.3 is 0 Å². The van der Waals surface area contributed by atoms with Gasteiger partial charge in [-0.25, -0.2) is 4.98 Å². The van der Waals surface area contributed by atoms with Crippen LogP contribution in [0.15, 0.2) is 42.0 Å². The fourth-order valence-corrected chi connectivity index (χ4v) is 2.64. The summed E-state index contributed by atoms with van der Waals surface area (Å²) in [5.74, 6) is -0.284. The highest BCUT2D eigenvalue weighted by Crippen LogP contribution is 2.22. The molecule has 0 unspecified atom stereocenters. The van der Waals surface area contributed by atoms with E-state index in [1.165, 1.54) is 17.5 Å². The third-order valence-corrected chi connectivity index (χ3v) is 3.90. The number of anilines is 1. The number of benzene rings is 1. The van der Waals surface area contributed by atoms with Crippen LogP contribution in [-0.2, 0) is 0 Å². The van der Waals surface area contributed by atoms with Gasteiger partial charge in [0.1, 0.15) is 10.7 Å². The van der Waals surface area contributed by atoms with Crippen molar-refractivity contribution in [3.8, 4) is 0 Å². The average Bonchev–Trinajstić information content (AvgIpc) is 2.95. The second-order valence-electron chi connectivity index (χ2n) is 4.29. The molecule has 0 atom stereocenters. The maximum absolute atomic E-state index is 12.1. The van der Waals surface area contributed by atoms with Gasteiger partial charge in [-0.05, 0) is 30.3 Å². The van der Waals surface area contributed by atoms with Crippen LogP contribution in [0.1, 0.15) is 16.1 Å². The van der Waals surface area contributed by atoms with Crippen LogP contribution in [-0.4, -0.2) is 20.9 Å². The Bertz CT molecular complexity index is 826. The zero-order valence-electron chi connectivity index (χ0n) is 10.7. The van der Waals surface area contributed by atoms with E-state index in [-0.39, 0.29) is 10.9 Å². The summed E-state index contributed by atoms with van der Waals surface area (Å²) in [7, 11) is 0. The SMILES string of the molecule is NC(=S)c1ccc(C(=O)Nc2ccc3ncsc3c2)nc1. The van der Waals surface area contributed by atoms with E-state index in [1.807, 2.05) is 18.2 Å². The van der Waals surface area contributed by atoms with Crippen LogP contribution in [0.2, 0.25) is 0 Å². The summed E-state index contributed by atoms with van der Waals surface area (Å²) in [6.45, 7) is 0. The number of thiazole rings is 1. The molecule has 0 spiro atoms. The molecular formula is C14H10N4OS2. The lowest BCUT2D eigenvalue weighted by Crippen LogP contribution is -2.15. The lowest BCUT2D eigenvalue weighted by molar-refractivity contribution is 0.102. The first-order valence-corrected chi connectivity index (χ1v) is 7.33. The van der Waals surface area contributed by atoms with Crippen LogP contribution >= 0.6 is 23.6 Å². The molecule has 7 heteroatoms. The van der Waals surface area contributed by atoms with Crippen LogP contribution in [0, 0.1) is 0 Å². The molecule has 2 heterocycles. The van der Waals surface area contributed by atoms with E-state index in [1.54, 1.807) is 17.6 Å². The fourth-order valence-electron chi connectivity index (χ4n) is 1.80. The monoisotopic (exact) mass is 314 g/mol. The molecule has 0 aliphatic heterocycles. The summed E-state index contributed by atoms with van der Waals surface area (Å²) in [6.07, 6.45) is 1.49.